The molecule has 2 heterocycles. The summed E-state index contributed by atoms with van der Waals surface area (Å²) in [5, 5.41) is 5.66. The molecule has 0 aliphatic carbocycles. The average molecular weight is 277 g/mol. The highest BCUT2D eigenvalue weighted by molar-refractivity contribution is 5.91. The number of anilines is 2. The summed E-state index contributed by atoms with van der Waals surface area (Å²) < 4.78 is 13.3. The van der Waals surface area contributed by atoms with Gasteiger partial charge in [0.15, 0.2) is 5.82 Å². The molecule has 2 aromatic heterocycles. The number of nitrogens with one attached hydrogen (secondary N) is 2. The molecule has 0 aliphatic heterocycles. The number of pyridine rings is 1. The normalized spacial score (nSPS) is 11.4. The molecule has 20 heavy (non-hydrogen) atoms. The number of hydrogen-bond donors (Lipinski definition) is 2. The van der Waals surface area contributed by atoms with Gasteiger partial charge < -0.3 is 5.32 Å². The van der Waals surface area contributed by atoms with Crippen LogP contribution < -0.4 is 10.6 Å². The van der Waals surface area contributed by atoms with Gasteiger partial charge in [-0.2, -0.15) is 4.98 Å². The highest BCUT2D eigenvalue weighted by atomic mass is 19.1. The van der Waals surface area contributed by atoms with Crippen LogP contribution in [0.1, 0.15) is 27.7 Å². The molecule has 0 saturated heterocycles. The average Bonchev–Trinajstić information content (AvgIpc) is 2.24. The summed E-state index contributed by atoms with van der Waals surface area (Å²) >= 11 is 0. The molecule has 0 aliphatic rings. The second-order valence-corrected chi connectivity index (χ2v) is 5.47. The van der Waals surface area contributed by atoms with Crippen LogP contribution in [-0.4, -0.2) is 26.4 Å². The van der Waals surface area contributed by atoms with Gasteiger partial charge in [0.2, 0.25) is 11.9 Å². The van der Waals surface area contributed by atoms with Crippen molar-refractivity contribution in [3.05, 3.63) is 18.1 Å². The summed E-state index contributed by atoms with van der Waals surface area (Å²) in [6.07, 6.45) is 1.11. The van der Waals surface area contributed by atoms with Crippen molar-refractivity contribution in [1.29, 1.82) is 0 Å². The Balaban J connectivity index is 2.59. The van der Waals surface area contributed by atoms with E-state index in [9.17, 15) is 9.18 Å². The Hall–Kier alpha value is -2.31. The van der Waals surface area contributed by atoms with Crippen molar-refractivity contribution >= 4 is 28.7 Å². The fraction of sp³-hybridized carbons (Fsp3) is 0.385. The number of aromatic nitrogens is 3. The third-order valence-electron chi connectivity index (χ3n) is 2.28. The molecule has 0 bridgehead atoms. The van der Waals surface area contributed by atoms with E-state index in [0.717, 1.165) is 6.20 Å². The predicted octanol–water partition coefficient (Wildman–Crippen LogP) is 2.33. The summed E-state index contributed by atoms with van der Waals surface area (Å²) in [5.41, 5.74) is 0.524. The Morgan fingerprint density at radius 2 is 2.00 bits per heavy atom. The van der Waals surface area contributed by atoms with E-state index < -0.39 is 5.82 Å². The van der Waals surface area contributed by atoms with E-state index in [0.29, 0.717) is 16.9 Å². The fourth-order valence-corrected chi connectivity index (χ4v) is 1.65. The molecule has 0 atom stereocenters. The number of hydrogen-bond acceptors (Lipinski definition) is 5. The number of rotatable bonds is 2. The predicted molar refractivity (Wildman–Crippen MR) is 75.0 cm³/mol. The quantitative estimate of drug-likeness (QED) is 0.880. The summed E-state index contributed by atoms with van der Waals surface area (Å²) in [4.78, 5) is 23.4. The number of carbonyl (C=O) groups is 1. The van der Waals surface area contributed by atoms with Gasteiger partial charge in [-0.25, -0.2) is 14.4 Å². The first kappa shape index (κ1) is 14.1. The number of halogens is 1. The van der Waals surface area contributed by atoms with Gasteiger partial charge >= 0.3 is 0 Å². The first-order valence-corrected chi connectivity index (χ1v) is 6.14. The van der Waals surface area contributed by atoms with E-state index >= 15 is 0 Å². The minimum atomic E-state index is -0.494. The minimum absolute atomic E-state index is 0.115. The molecule has 2 rings (SSSR count). The maximum absolute atomic E-state index is 13.3. The number of fused-ring (bicyclic) bond motifs is 1. The maximum atomic E-state index is 13.3. The van der Waals surface area contributed by atoms with Crippen LogP contribution in [-0.2, 0) is 4.79 Å². The van der Waals surface area contributed by atoms with Crippen LogP contribution in [0.2, 0.25) is 0 Å². The molecule has 0 saturated carbocycles. The first-order valence-electron chi connectivity index (χ1n) is 6.14. The van der Waals surface area contributed by atoms with E-state index in [1.807, 2.05) is 20.8 Å². The molecule has 0 fully saturated rings. The highest BCUT2D eigenvalue weighted by Crippen LogP contribution is 2.23. The van der Waals surface area contributed by atoms with Crippen LogP contribution in [0.3, 0.4) is 0 Å². The fourth-order valence-electron chi connectivity index (χ4n) is 1.65. The summed E-state index contributed by atoms with van der Waals surface area (Å²) in [7, 11) is 0. The van der Waals surface area contributed by atoms with Crippen LogP contribution >= 0.6 is 0 Å². The molecule has 2 aromatic rings. The Bertz CT molecular complexity index is 666. The molecule has 0 spiro atoms. The molecule has 1 amide bonds. The second-order valence-electron chi connectivity index (χ2n) is 5.47. The molecule has 106 valence electrons. The van der Waals surface area contributed by atoms with E-state index in [2.05, 4.69) is 25.6 Å². The lowest BCUT2D eigenvalue weighted by Gasteiger charge is -2.22. The largest absolute Gasteiger partial charge is 0.363 e. The van der Waals surface area contributed by atoms with E-state index in [1.54, 1.807) is 0 Å². The van der Waals surface area contributed by atoms with Gasteiger partial charge in [-0.1, -0.05) is 0 Å². The number of nitrogens with zero attached hydrogens (tertiary/aromatic N) is 3. The summed E-state index contributed by atoms with van der Waals surface area (Å²) in [5.74, 6) is -0.225. The SMILES string of the molecule is CC(=O)Nc1nc(NC(C)(C)C)c2ncc(F)cc2n1. The Labute approximate surface area is 115 Å². The third-order valence-corrected chi connectivity index (χ3v) is 2.28. The highest BCUT2D eigenvalue weighted by Gasteiger charge is 2.16. The molecular weight excluding hydrogens is 261 g/mol. The number of amides is 1. The molecule has 7 heteroatoms. The molecule has 2 N–H and O–H groups in total. The van der Waals surface area contributed by atoms with Gasteiger partial charge in [0.25, 0.3) is 0 Å². The molecule has 0 aromatic carbocycles. The zero-order valence-corrected chi connectivity index (χ0v) is 11.8. The monoisotopic (exact) mass is 277 g/mol. The van der Waals surface area contributed by atoms with Gasteiger partial charge in [0, 0.05) is 18.5 Å². The Kier molecular flexibility index (Phi) is 3.52. The lowest BCUT2D eigenvalue weighted by atomic mass is 10.1. The van der Waals surface area contributed by atoms with Crippen molar-refractivity contribution in [1.82, 2.24) is 15.0 Å². The Morgan fingerprint density at radius 3 is 2.60 bits per heavy atom. The van der Waals surface area contributed by atoms with Crippen molar-refractivity contribution in [2.24, 2.45) is 0 Å². The zero-order valence-electron chi connectivity index (χ0n) is 11.8. The summed E-state index contributed by atoms with van der Waals surface area (Å²) in [6.45, 7) is 7.24. The minimum Gasteiger partial charge on any atom is -0.363 e. The topological polar surface area (TPSA) is 79.8 Å². The van der Waals surface area contributed by atoms with Gasteiger partial charge in [-0.05, 0) is 20.8 Å². The zero-order chi connectivity index (χ0) is 14.9. The van der Waals surface area contributed by atoms with Crippen LogP contribution in [0.4, 0.5) is 16.2 Å². The van der Waals surface area contributed by atoms with Gasteiger partial charge in [0.05, 0.1) is 11.7 Å². The summed E-state index contributed by atoms with van der Waals surface area (Å²) in [6, 6.07) is 1.25. The lowest BCUT2D eigenvalue weighted by molar-refractivity contribution is -0.114. The van der Waals surface area contributed by atoms with Crippen LogP contribution in [0.15, 0.2) is 12.3 Å². The Morgan fingerprint density at radius 1 is 1.30 bits per heavy atom. The first-order chi connectivity index (χ1) is 9.24. The smallest absolute Gasteiger partial charge is 0.232 e. The standard InChI is InChI=1S/C13H16FN5O/c1-7(20)16-12-17-9-5-8(14)6-15-10(9)11(18-12)19-13(2,3)4/h5-6H,1-4H3,(H2,16,17,18,19,20). The molecule has 0 radical (unpaired) electrons. The van der Waals surface area contributed by atoms with E-state index in [4.69, 9.17) is 0 Å². The molecule has 0 unspecified atom stereocenters. The van der Waals surface area contributed by atoms with Crippen molar-refractivity contribution in [3.8, 4) is 0 Å². The van der Waals surface area contributed by atoms with E-state index in [-0.39, 0.29) is 17.4 Å². The lowest BCUT2D eigenvalue weighted by Crippen LogP contribution is -2.27. The van der Waals surface area contributed by atoms with E-state index in [1.165, 1.54) is 13.0 Å². The van der Waals surface area contributed by atoms with Crippen LogP contribution in [0, 0.1) is 5.82 Å². The maximum Gasteiger partial charge on any atom is 0.232 e. The second kappa shape index (κ2) is 4.99. The van der Waals surface area contributed by atoms with Crippen molar-refractivity contribution in [2.75, 3.05) is 10.6 Å². The van der Waals surface area contributed by atoms with Crippen molar-refractivity contribution in [2.45, 2.75) is 33.2 Å². The van der Waals surface area contributed by atoms with Gasteiger partial charge in [-0.3, -0.25) is 10.1 Å². The van der Waals surface area contributed by atoms with Crippen molar-refractivity contribution < 1.29 is 9.18 Å². The molecule has 6 nitrogen and oxygen atoms in total. The number of carbonyl (C=O) groups excluding carboxylic acids is 1. The molecular formula is C13H16FN5O. The third kappa shape index (κ3) is 3.37. The van der Waals surface area contributed by atoms with Crippen LogP contribution in [0.5, 0.6) is 0 Å². The van der Waals surface area contributed by atoms with Crippen LogP contribution in [0.25, 0.3) is 11.0 Å². The van der Waals surface area contributed by atoms with Gasteiger partial charge in [0.1, 0.15) is 11.3 Å². The van der Waals surface area contributed by atoms with Crippen molar-refractivity contribution in [3.63, 3.8) is 0 Å². The van der Waals surface area contributed by atoms with Gasteiger partial charge in [-0.15, -0.1) is 0 Å².